The van der Waals surface area contributed by atoms with Crippen LogP contribution >= 0.6 is 11.3 Å². The van der Waals surface area contributed by atoms with Crippen LogP contribution in [0, 0.1) is 13.8 Å². The number of hydrogen-bond acceptors (Lipinski definition) is 9. The Labute approximate surface area is 176 Å². The molecule has 0 radical (unpaired) electrons. The Bertz CT molecular complexity index is 1210. The lowest BCUT2D eigenvalue weighted by molar-refractivity contribution is 0.0479. The third kappa shape index (κ3) is 3.79. The Kier molecular flexibility index (Phi) is 5.28. The molecule has 0 spiro atoms. The number of carbonyl (C=O) groups is 2. The molecule has 1 fully saturated rings. The molecule has 0 amide bonds. The molecule has 3 aromatic heterocycles. The highest BCUT2D eigenvalue weighted by molar-refractivity contribution is 7.91. The first kappa shape index (κ1) is 20.4. The quantitative estimate of drug-likeness (QED) is 0.410. The van der Waals surface area contributed by atoms with Crippen LogP contribution in [0.15, 0.2) is 23.8 Å². The highest BCUT2D eigenvalue weighted by Crippen LogP contribution is 2.29. The molecular weight excluding hydrogens is 430 g/mol. The maximum atomic E-state index is 12.7. The first-order valence-corrected chi connectivity index (χ1v) is 11.9. The van der Waals surface area contributed by atoms with Gasteiger partial charge in [-0.1, -0.05) is 0 Å². The summed E-state index contributed by atoms with van der Waals surface area (Å²) < 4.78 is 32.1. The zero-order chi connectivity index (χ0) is 21.5. The molecule has 0 aliphatic carbocycles. The first-order chi connectivity index (χ1) is 14.3. The van der Waals surface area contributed by atoms with Crippen molar-refractivity contribution < 1.29 is 22.7 Å². The van der Waals surface area contributed by atoms with Gasteiger partial charge in [-0.15, -0.1) is 16.4 Å². The van der Waals surface area contributed by atoms with Crippen LogP contribution in [0.25, 0.3) is 5.69 Å². The molecule has 1 atom stereocenters. The van der Waals surface area contributed by atoms with Crippen LogP contribution in [0.5, 0.6) is 0 Å². The fourth-order valence-electron chi connectivity index (χ4n) is 3.78. The second kappa shape index (κ2) is 7.76. The van der Waals surface area contributed by atoms with E-state index in [0.29, 0.717) is 23.4 Å². The van der Waals surface area contributed by atoms with Gasteiger partial charge in [0.1, 0.15) is 11.2 Å². The Morgan fingerprint density at radius 1 is 1.33 bits per heavy atom. The summed E-state index contributed by atoms with van der Waals surface area (Å²) in [6.45, 7) is 3.20. The summed E-state index contributed by atoms with van der Waals surface area (Å²) in [6, 6.07) is 3.22. The van der Waals surface area contributed by atoms with E-state index in [4.69, 9.17) is 4.74 Å². The molecule has 0 bridgehead atoms. The van der Waals surface area contributed by atoms with E-state index in [1.807, 2.05) is 11.5 Å². The highest BCUT2D eigenvalue weighted by Gasteiger charge is 2.32. The molecule has 0 aromatic carbocycles. The van der Waals surface area contributed by atoms with Gasteiger partial charge in [-0.25, -0.2) is 13.2 Å². The van der Waals surface area contributed by atoms with Crippen molar-refractivity contribution in [3.05, 3.63) is 45.7 Å². The topological polar surface area (TPSA) is 126 Å². The molecule has 1 aliphatic rings. The molecular formula is C18H19N5O5S2. The Hall–Kier alpha value is -2.86. The maximum absolute atomic E-state index is 12.7. The van der Waals surface area contributed by atoms with Crippen LogP contribution in [-0.2, 0) is 14.6 Å². The Morgan fingerprint density at radius 3 is 2.80 bits per heavy atom. The van der Waals surface area contributed by atoms with Crippen molar-refractivity contribution >= 4 is 32.9 Å². The average molecular weight is 450 g/mol. The molecule has 1 saturated heterocycles. The summed E-state index contributed by atoms with van der Waals surface area (Å²) in [5.41, 5.74) is 2.39. The van der Waals surface area contributed by atoms with Crippen LogP contribution in [0.3, 0.4) is 0 Å². The lowest BCUT2D eigenvalue weighted by Gasteiger charge is -2.16. The number of tetrazole rings is 1. The van der Waals surface area contributed by atoms with Crippen molar-refractivity contribution in [2.24, 2.45) is 0 Å². The minimum Gasteiger partial charge on any atom is -0.453 e. The maximum Gasteiger partial charge on any atom is 0.351 e. The van der Waals surface area contributed by atoms with Gasteiger partial charge in [-0.2, -0.15) is 4.68 Å². The van der Waals surface area contributed by atoms with E-state index in [1.165, 1.54) is 22.3 Å². The second-order valence-corrected chi connectivity index (χ2v) is 10.2. The van der Waals surface area contributed by atoms with Gasteiger partial charge in [-0.05, 0) is 48.2 Å². The summed E-state index contributed by atoms with van der Waals surface area (Å²) >= 11 is 1.17. The average Bonchev–Trinajstić information content (AvgIpc) is 3.46. The van der Waals surface area contributed by atoms with Crippen LogP contribution in [0.4, 0.5) is 0 Å². The number of Topliss-reactive ketones (excluding diaryl/α,β-unsaturated/α-hetero) is 1. The number of thiophene rings is 1. The van der Waals surface area contributed by atoms with Crippen molar-refractivity contribution in [1.82, 2.24) is 24.8 Å². The van der Waals surface area contributed by atoms with Gasteiger partial charge in [0.2, 0.25) is 5.78 Å². The summed E-state index contributed by atoms with van der Waals surface area (Å²) in [7, 11) is -3.05. The second-order valence-electron chi connectivity index (χ2n) is 7.10. The molecule has 0 saturated carbocycles. The number of ketones is 1. The highest BCUT2D eigenvalue weighted by atomic mass is 32.2. The molecule has 30 heavy (non-hydrogen) atoms. The van der Waals surface area contributed by atoms with E-state index in [-0.39, 0.29) is 28.2 Å². The van der Waals surface area contributed by atoms with Gasteiger partial charge in [0, 0.05) is 23.0 Å². The minimum atomic E-state index is -3.05. The number of sulfone groups is 1. The van der Waals surface area contributed by atoms with Crippen molar-refractivity contribution in [1.29, 1.82) is 0 Å². The van der Waals surface area contributed by atoms with Gasteiger partial charge in [0.15, 0.2) is 16.4 Å². The van der Waals surface area contributed by atoms with E-state index < -0.39 is 22.4 Å². The van der Waals surface area contributed by atoms with Crippen molar-refractivity contribution in [3.63, 3.8) is 0 Å². The Balaban J connectivity index is 1.47. The van der Waals surface area contributed by atoms with Gasteiger partial charge >= 0.3 is 5.97 Å². The largest absolute Gasteiger partial charge is 0.453 e. The molecule has 1 aliphatic heterocycles. The smallest absolute Gasteiger partial charge is 0.351 e. The molecule has 4 rings (SSSR count). The standard InChI is InChI=1S/C18H19N5O5S2/c1-11-7-14(12(2)23(11)13-4-6-30(26,27)9-13)16(24)8-28-18(25)17-15(3-5-29-17)22-10-19-20-21-22/h3,5,7,10,13H,4,6,8-9H2,1-2H3. The van der Waals surface area contributed by atoms with E-state index in [1.54, 1.807) is 24.4 Å². The van der Waals surface area contributed by atoms with Crippen molar-refractivity contribution in [2.45, 2.75) is 26.3 Å². The van der Waals surface area contributed by atoms with Crippen LogP contribution in [0.2, 0.25) is 0 Å². The monoisotopic (exact) mass is 449 g/mol. The van der Waals surface area contributed by atoms with Gasteiger partial charge in [0.25, 0.3) is 0 Å². The van der Waals surface area contributed by atoms with E-state index >= 15 is 0 Å². The van der Waals surface area contributed by atoms with Crippen molar-refractivity contribution in [2.75, 3.05) is 18.1 Å². The fourth-order valence-corrected chi connectivity index (χ4v) is 6.25. The van der Waals surface area contributed by atoms with Gasteiger partial charge < -0.3 is 9.30 Å². The predicted octanol–water partition coefficient (Wildman–Crippen LogP) is 1.54. The lowest BCUT2D eigenvalue weighted by Crippen LogP contribution is -2.17. The van der Waals surface area contributed by atoms with Gasteiger partial charge in [0.05, 0.1) is 17.2 Å². The number of esters is 1. The summed E-state index contributed by atoms with van der Waals surface area (Å²) in [4.78, 5) is 25.5. The number of ether oxygens (including phenoxy) is 1. The number of aryl methyl sites for hydroxylation is 1. The lowest BCUT2D eigenvalue weighted by atomic mass is 10.1. The third-order valence-electron chi connectivity index (χ3n) is 5.12. The predicted molar refractivity (Wildman–Crippen MR) is 108 cm³/mol. The van der Waals surface area contributed by atoms with Crippen LogP contribution in [-0.4, -0.2) is 63.1 Å². The number of aromatic nitrogens is 5. The molecule has 158 valence electrons. The number of hydrogen-bond donors (Lipinski definition) is 0. The summed E-state index contributed by atoms with van der Waals surface area (Å²) in [6.07, 6.45) is 1.89. The number of nitrogens with zero attached hydrogens (tertiary/aromatic N) is 5. The zero-order valence-corrected chi connectivity index (χ0v) is 17.9. The molecule has 10 nitrogen and oxygen atoms in total. The zero-order valence-electron chi connectivity index (χ0n) is 16.3. The third-order valence-corrected chi connectivity index (χ3v) is 7.75. The Morgan fingerprint density at radius 2 is 2.13 bits per heavy atom. The molecule has 12 heteroatoms. The molecule has 1 unspecified atom stereocenters. The minimum absolute atomic E-state index is 0.0737. The van der Waals surface area contributed by atoms with E-state index in [2.05, 4.69) is 15.5 Å². The molecule has 0 N–H and O–H groups in total. The van der Waals surface area contributed by atoms with E-state index in [0.717, 1.165) is 5.69 Å². The normalized spacial score (nSPS) is 17.9. The first-order valence-electron chi connectivity index (χ1n) is 9.17. The van der Waals surface area contributed by atoms with Crippen molar-refractivity contribution in [3.8, 4) is 5.69 Å². The number of carbonyl (C=O) groups excluding carboxylic acids is 2. The summed E-state index contributed by atoms with van der Waals surface area (Å²) in [5.74, 6) is -0.756. The molecule has 4 heterocycles. The SMILES string of the molecule is Cc1cc(C(=O)COC(=O)c2sccc2-n2cnnn2)c(C)n1C1CCS(=O)(=O)C1. The number of rotatable bonds is 6. The van der Waals surface area contributed by atoms with Crippen LogP contribution in [0.1, 0.15) is 43.9 Å². The molecule has 3 aromatic rings. The summed E-state index contributed by atoms with van der Waals surface area (Å²) in [5, 5.41) is 12.6. The van der Waals surface area contributed by atoms with E-state index in [9.17, 15) is 18.0 Å². The fraction of sp³-hybridized carbons (Fsp3) is 0.389. The van der Waals surface area contributed by atoms with Gasteiger partial charge in [-0.3, -0.25) is 4.79 Å². The van der Waals surface area contributed by atoms with Crippen LogP contribution < -0.4 is 0 Å².